The van der Waals surface area contributed by atoms with Gasteiger partial charge in [-0.2, -0.15) is 0 Å². The van der Waals surface area contributed by atoms with E-state index >= 15 is 0 Å². The second kappa shape index (κ2) is 8.49. The molecule has 2 amide bonds. The Bertz CT molecular complexity index is 430. The van der Waals surface area contributed by atoms with E-state index < -0.39 is 0 Å². The highest BCUT2D eigenvalue weighted by Gasteiger charge is 2.09. The molecule has 1 aliphatic rings. The Morgan fingerprint density at radius 2 is 1.95 bits per heavy atom. The van der Waals surface area contributed by atoms with E-state index in [2.05, 4.69) is 20.9 Å². The van der Waals surface area contributed by atoms with Gasteiger partial charge < -0.3 is 20.7 Å². The normalized spacial score (nSPS) is 15.5. The van der Waals surface area contributed by atoms with E-state index in [0.29, 0.717) is 6.54 Å². The van der Waals surface area contributed by atoms with E-state index in [0.717, 1.165) is 38.5 Å². The fraction of sp³-hybridized carbons (Fsp3) is 0.533. The summed E-state index contributed by atoms with van der Waals surface area (Å²) < 4.78 is 5.44. The van der Waals surface area contributed by atoms with Crippen molar-refractivity contribution in [1.29, 1.82) is 0 Å². The van der Waals surface area contributed by atoms with Gasteiger partial charge in [0, 0.05) is 39.3 Å². The maximum absolute atomic E-state index is 11.6. The molecule has 1 aliphatic heterocycles. The predicted molar refractivity (Wildman–Crippen MR) is 82.5 cm³/mol. The molecule has 0 spiro atoms. The second-order valence-corrected chi connectivity index (χ2v) is 5.13. The van der Waals surface area contributed by atoms with Crippen LogP contribution in [0.25, 0.3) is 0 Å². The van der Waals surface area contributed by atoms with Gasteiger partial charge in [-0.3, -0.25) is 4.90 Å². The zero-order valence-corrected chi connectivity index (χ0v) is 12.5. The Kier molecular flexibility index (Phi) is 6.30. The highest BCUT2D eigenvalue weighted by Crippen LogP contribution is 2.10. The van der Waals surface area contributed by atoms with Crippen molar-refractivity contribution in [2.75, 3.05) is 46.0 Å². The molecule has 0 saturated carbocycles. The zero-order valence-electron chi connectivity index (χ0n) is 12.5. The number of carbonyl (C=O) groups is 1. The van der Waals surface area contributed by atoms with Crippen molar-refractivity contribution < 1.29 is 9.53 Å². The Labute approximate surface area is 125 Å². The molecule has 6 heteroatoms. The minimum absolute atomic E-state index is 0.169. The largest absolute Gasteiger partial charge is 0.473 e. The van der Waals surface area contributed by atoms with E-state index in [4.69, 9.17) is 4.74 Å². The molecule has 1 saturated heterocycles. The summed E-state index contributed by atoms with van der Waals surface area (Å²) in [6.45, 7) is 7.85. The van der Waals surface area contributed by atoms with Crippen LogP contribution in [0.2, 0.25) is 0 Å². The number of amides is 2. The van der Waals surface area contributed by atoms with Crippen molar-refractivity contribution >= 4 is 6.03 Å². The molecule has 2 rings (SSSR count). The van der Waals surface area contributed by atoms with Crippen LogP contribution in [0.3, 0.4) is 0 Å². The van der Waals surface area contributed by atoms with Crippen molar-refractivity contribution in [2.45, 2.75) is 6.92 Å². The molecular formula is C15H24N4O2. The van der Waals surface area contributed by atoms with Gasteiger partial charge >= 0.3 is 6.03 Å². The average molecular weight is 292 g/mol. The Hall–Kier alpha value is -1.79. The summed E-state index contributed by atoms with van der Waals surface area (Å²) in [4.78, 5) is 13.9. The summed E-state index contributed by atoms with van der Waals surface area (Å²) >= 11 is 0. The van der Waals surface area contributed by atoms with Crippen LogP contribution in [0.15, 0.2) is 24.3 Å². The fourth-order valence-electron chi connectivity index (χ4n) is 2.14. The zero-order chi connectivity index (χ0) is 14.9. The maximum atomic E-state index is 11.6. The smallest absolute Gasteiger partial charge is 0.317 e. The van der Waals surface area contributed by atoms with Crippen molar-refractivity contribution in [3.8, 4) is 5.75 Å². The summed E-state index contributed by atoms with van der Waals surface area (Å²) in [6.07, 6.45) is 0. The summed E-state index contributed by atoms with van der Waals surface area (Å²) in [5.41, 5.74) is 1.18. The standard InChI is InChI=1S/C15H24N4O2/c1-13-2-4-14(5-3-13)21-12-18-15(20)17-8-11-19-9-6-16-7-10-19/h2-5,16H,6-12H2,1H3,(H2,17,18,20). The lowest BCUT2D eigenvalue weighted by Crippen LogP contribution is -2.47. The van der Waals surface area contributed by atoms with E-state index in [9.17, 15) is 4.79 Å². The molecule has 21 heavy (non-hydrogen) atoms. The van der Waals surface area contributed by atoms with Crippen LogP contribution < -0.4 is 20.7 Å². The third-order valence-electron chi connectivity index (χ3n) is 3.42. The summed E-state index contributed by atoms with van der Waals surface area (Å²) in [5.74, 6) is 0.752. The quantitative estimate of drug-likeness (QED) is 0.670. The number of hydrogen-bond donors (Lipinski definition) is 3. The van der Waals surface area contributed by atoms with Crippen LogP contribution in [0, 0.1) is 6.92 Å². The minimum Gasteiger partial charge on any atom is -0.473 e. The minimum atomic E-state index is -0.197. The number of nitrogens with zero attached hydrogens (tertiary/aromatic N) is 1. The molecule has 1 heterocycles. The van der Waals surface area contributed by atoms with Gasteiger partial charge in [-0.05, 0) is 19.1 Å². The highest BCUT2D eigenvalue weighted by molar-refractivity contribution is 5.73. The third kappa shape index (κ3) is 6.01. The van der Waals surface area contributed by atoms with Crippen LogP contribution in [0.4, 0.5) is 4.79 Å². The molecule has 1 aromatic carbocycles. The number of piperazine rings is 1. The van der Waals surface area contributed by atoms with Gasteiger partial charge in [0.15, 0.2) is 6.73 Å². The lowest BCUT2D eigenvalue weighted by atomic mass is 10.2. The molecule has 3 N–H and O–H groups in total. The van der Waals surface area contributed by atoms with Gasteiger partial charge in [0.05, 0.1) is 0 Å². The fourth-order valence-corrected chi connectivity index (χ4v) is 2.14. The molecule has 6 nitrogen and oxygen atoms in total. The van der Waals surface area contributed by atoms with Crippen LogP contribution in [-0.4, -0.2) is 56.9 Å². The Balaban J connectivity index is 1.54. The van der Waals surface area contributed by atoms with Gasteiger partial charge in [-0.15, -0.1) is 0 Å². The van der Waals surface area contributed by atoms with Crippen molar-refractivity contribution in [3.63, 3.8) is 0 Å². The van der Waals surface area contributed by atoms with E-state index in [1.807, 2.05) is 31.2 Å². The first-order valence-corrected chi connectivity index (χ1v) is 7.38. The van der Waals surface area contributed by atoms with Gasteiger partial charge in [0.25, 0.3) is 0 Å². The molecule has 0 unspecified atom stereocenters. The van der Waals surface area contributed by atoms with Crippen LogP contribution in [0.5, 0.6) is 5.75 Å². The Morgan fingerprint density at radius 3 is 2.67 bits per heavy atom. The lowest BCUT2D eigenvalue weighted by molar-refractivity contribution is 0.216. The predicted octanol–water partition coefficient (Wildman–Crippen LogP) is 0.536. The van der Waals surface area contributed by atoms with Crippen LogP contribution in [0.1, 0.15) is 5.56 Å². The SMILES string of the molecule is Cc1ccc(OCNC(=O)NCCN2CCNCC2)cc1. The number of nitrogens with one attached hydrogen (secondary N) is 3. The molecule has 1 fully saturated rings. The van der Waals surface area contributed by atoms with Crippen molar-refractivity contribution in [3.05, 3.63) is 29.8 Å². The molecule has 0 aromatic heterocycles. The molecule has 1 aromatic rings. The number of aryl methyl sites for hydroxylation is 1. The second-order valence-electron chi connectivity index (χ2n) is 5.13. The first-order chi connectivity index (χ1) is 10.2. The topological polar surface area (TPSA) is 65.6 Å². The summed E-state index contributed by atoms with van der Waals surface area (Å²) in [6, 6.07) is 7.53. The van der Waals surface area contributed by atoms with Crippen LogP contribution >= 0.6 is 0 Å². The van der Waals surface area contributed by atoms with Crippen molar-refractivity contribution in [1.82, 2.24) is 20.9 Å². The number of benzene rings is 1. The number of rotatable bonds is 6. The van der Waals surface area contributed by atoms with E-state index in [1.54, 1.807) is 0 Å². The van der Waals surface area contributed by atoms with E-state index in [1.165, 1.54) is 5.56 Å². The third-order valence-corrected chi connectivity index (χ3v) is 3.42. The number of carbonyl (C=O) groups excluding carboxylic acids is 1. The maximum Gasteiger partial charge on any atom is 0.317 e. The number of hydrogen-bond acceptors (Lipinski definition) is 4. The lowest BCUT2D eigenvalue weighted by Gasteiger charge is -2.27. The van der Waals surface area contributed by atoms with Gasteiger partial charge in [-0.25, -0.2) is 4.79 Å². The molecular weight excluding hydrogens is 268 g/mol. The van der Waals surface area contributed by atoms with Gasteiger partial charge in [0.1, 0.15) is 5.75 Å². The average Bonchev–Trinajstić information content (AvgIpc) is 2.50. The molecule has 116 valence electrons. The number of urea groups is 1. The first kappa shape index (κ1) is 15.6. The summed E-state index contributed by atoms with van der Waals surface area (Å²) in [5, 5.41) is 8.82. The van der Waals surface area contributed by atoms with Gasteiger partial charge in [-0.1, -0.05) is 17.7 Å². The number of ether oxygens (including phenoxy) is 1. The van der Waals surface area contributed by atoms with Gasteiger partial charge in [0.2, 0.25) is 0 Å². The first-order valence-electron chi connectivity index (χ1n) is 7.38. The van der Waals surface area contributed by atoms with Crippen LogP contribution in [-0.2, 0) is 0 Å². The molecule has 0 bridgehead atoms. The van der Waals surface area contributed by atoms with E-state index in [-0.39, 0.29) is 12.8 Å². The molecule has 0 aliphatic carbocycles. The van der Waals surface area contributed by atoms with Crippen molar-refractivity contribution in [2.24, 2.45) is 0 Å². The summed E-state index contributed by atoms with van der Waals surface area (Å²) in [7, 11) is 0. The Morgan fingerprint density at radius 1 is 1.24 bits per heavy atom. The molecule has 0 atom stereocenters. The molecule has 0 radical (unpaired) electrons. The highest BCUT2D eigenvalue weighted by atomic mass is 16.5. The monoisotopic (exact) mass is 292 g/mol.